The highest BCUT2D eigenvalue weighted by molar-refractivity contribution is 6.18. The lowest BCUT2D eigenvalue weighted by Gasteiger charge is -2.25. The van der Waals surface area contributed by atoms with Crippen molar-refractivity contribution in [2.24, 2.45) is 9.98 Å². The molecular formula is C61H38N4O. The van der Waals surface area contributed by atoms with Crippen molar-refractivity contribution in [1.82, 2.24) is 9.88 Å². The average molecular weight is 843 g/mol. The highest BCUT2D eigenvalue weighted by Crippen LogP contribution is 2.42. The monoisotopic (exact) mass is 842 g/mol. The van der Waals surface area contributed by atoms with Crippen LogP contribution in [0.1, 0.15) is 22.9 Å². The van der Waals surface area contributed by atoms with Crippen LogP contribution in [0.2, 0.25) is 0 Å². The summed E-state index contributed by atoms with van der Waals surface area (Å²) in [5, 5.41) is 17.9. The van der Waals surface area contributed by atoms with Crippen molar-refractivity contribution < 1.29 is 4.42 Å². The van der Waals surface area contributed by atoms with Crippen LogP contribution in [0.3, 0.4) is 0 Å². The Morgan fingerprint density at radius 3 is 1.59 bits per heavy atom. The molecule has 1 aliphatic heterocycles. The summed E-state index contributed by atoms with van der Waals surface area (Å²) in [6, 6.07) is 78.5. The zero-order valence-electron chi connectivity index (χ0n) is 35.6. The predicted molar refractivity (Wildman–Crippen MR) is 275 cm³/mol. The molecule has 1 aliphatic rings. The summed E-state index contributed by atoms with van der Waals surface area (Å²) < 4.78 is 8.85. The van der Waals surface area contributed by atoms with Gasteiger partial charge in [-0.15, -0.1) is 0 Å². The van der Waals surface area contributed by atoms with E-state index >= 15 is 0 Å². The number of nitrogens with one attached hydrogen (secondary N) is 1. The third-order valence-corrected chi connectivity index (χ3v) is 13.5. The quantitative estimate of drug-likeness (QED) is 0.188. The molecule has 0 saturated carbocycles. The summed E-state index contributed by atoms with van der Waals surface area (Å²) in [6.45, 7) is 0. The number of nitrogens with zero attached hydrogens (tertiary/aromatic N) is 3. The highest BCUT2D eigenvalue weighted by atomic mass is 16.3. The SMILES string of the molecule is c1ccc2cc(C3=NC(c4ccc(-n5c6cc7ccccc7cc6c6cc7ccccc7cc65)c(-c5ccc6oc7ccccc7c6c5)c4)NC(c4ccc5ccccc5c4)=N3)ccc2c1. The van der Waals surface area contributed by atoms with Crippen LogP contribution in [0.15, 0.2) is 233 Å². The molecule has 0 aliphatic carbocycles. The van der Waals surface area contributed by atoms with E-state index in [1.807, 2.05) is 12.1 Å². The largest absolute Gasteiger partial charge is 0.456 e. The van der Waals surface area contributed by atoms with E-state index in [0.717, 1.165) is 83.1 Å². The average Bonchev–Trinajstić information content (AvgIpc) is 3.90. The Morgan fingerprint density at radius 2 is 0.924 bits per heavy atom. The molecule has 14 rings (SSSR count). The summed E-state index contributed by atoms with van der Waals surface area (Å²) in [5.41, 5.74) is 10.3. The number of benzene rings is 11. The molecule has 66 heavy (non-hydrogen) atoms. The number of aliphatic imine (C=N–C) groups is 2. The van der Waals surface area contributed by atoms with Crippen molar-refractivity contribution in [1.29, 1.82) is 0 Å². The molecule has 13 aromatic rings. The Morgan fingerprint density at radius 1 is 0.394 bits per heavy atom. The maximum Gasteiger partial charge on any atom is 0.159 e. The van der Waals surface area contributed by atoms with Crippen LogP contribution in [-0.2, 0) is 0 Å². The molecule has 1 N–H and O–H groups in total. The van der Waals surface area contributed by atoms with Crippen molar-refractivity contribution in [2.45, 2.75) is 6.17 Å². The van der Waals surface area contributed by atoms with E-state index in [9.17, 15) is 0 Å². The van der Waals surface area contributed by atoms with Gasteiger partial charge in [-0.1, -0.05) is 152 Å². The normalized spacial score (nSPS) is 14.2. The van der Waals surface area contributed by atoms with Crippen molar-refractivity contribution in [3.05, 3.63) is 235 Å². The Labute approximate surface area is 379 Å². The van der Waals surface area contributed by atoms with E-state index in [2.05, 4.69) is 216 Å². The van der Waals surface area contributed by atoms with Gasteiger partial charge >= 0.3 is 0 Å². The molecule has 0 bridgehead atoms. The number of rotatable bonds is 5. The molecule has 0 amide bonds. The first-order chi connectivity index (χ1) is 32.6. The standard InChI is InChI=1S/C61H38N4O/c1-3-13-39-29-46(23-21-37(39)11-1)59-62-60(47-24-22-38-12-2-4-14-40(38)30-47)64-61(63-59)48-25-27-54(50(34-48)45-26-28-58-53(33-45)49-19-9-10-20-57(49)66-58)65-55-35-43-17-7-5-15-41(43)31-51(55)52-32-42-16-6-8-18-44(42)36-56(52)65/h1-36,61H,(H,62,63,64). The first-order valence-electron chi connectivity index (χ1n) is 22.5. The smallest absolute Gasteiger partial charge is 0.159 e. The predicted octanol–water partition coefficient (Wildman–Crippen LogP) is 15.5. The minimum absolute atomic E-state index is 0.442. The Kier molecular flexibility index (Phi) is 7.98. The molecular weight excluding hydrogens is 805 g/mol. The van der Waals surface area contributed by atoms with Gasteiger partial charge in [0.25, 0.3) is 0 Å². The van der Waals surface area contributed by atoms with Gasteiger partial charge in [-0.05, 0) is 121 Å². The van der Waals surface area contributed by atoms with E-state index in [1.165, 1.54) is 43.1 Å². The van der Waals surface area contributed by atoms with Crippen molar-refractivity contribution in [3.8, 4) is 16.8 Å². The van der Waals surface area contributed by atoms with Crippen LogP contribution < -0.4 is 5.32 Å². The maximum atomic E-state index is 6.38. The molecule has 3 heterocycles. The number of aromatic nitrogens is 1. The number of hydrogen-bond acceptors (Lipinski definition) is 4. The van der Waals surface area contributed by atoms with Gasteiger partial charge in [0, 0.05) is 38.2 Å². The van der Waals surface area contributed by atoms with Crippen LogP contribution in [0.4, 0.5) is 0 Å². The van der Waals surface area contributed by atoms with Gasteiger partial charge in [-0.3, -0.25) is 0 Å². The van der Waals surface area contributed by atoms with Crippen LogP contribution in [0.25, 0.3) is 104 Å². The topological polar surface area (TPSA) is 54.8 Å². The zero-order valence-corrected chi connectivity index (χ0v) is 35.6. The second-order valence-electron chi connectivity index (χ2n) is 17.4. The lowest BCUT2D eigenvalue weighted by Crippen LogP contribution is -2.33. The fourth-order valence-corrected chi connectivity index (χ4v) is 10.3. The van der Waals surface area contributed by atoms with E-state index in [-0.39, 0.29) is 0 Å². The Hall–Kier alpha value is -8.80. The van der Waals surface area contributed by atoms with Crippen LogP contribution >= 0.6 is 0 Å². The molecule has 308 valence electrons. The minimum atomic E-state index is -0.442. The van der Waals surface area contributed by atoms with Crippen LogP contribution in [0.5, 0.6) is 0 Å². The van der Waals surface area contributed by atoms with Gasteiger partial charge < -0.3 is 14.3 Å². The second kappa shape index (κ2) is 14.4. The number of hydrogen-bond donors (Lipinski definition) is 1. The van der Waals surface area contributed by atoms with Crippen LogP contribution in [0, 0.1) is 0 Å². The van der Waals surface area contributed by atoms with Gasteiger partial charge in [0.15, 0.2) is 5.84 Å². The molecule has 1 unspecified atom stereocenters. The number of amidine groups is 2. The molecule has 5 heteroatoms. The van der Waals surface area contributed by atoms with E-state index < -0.39 is 6.17 Å². The van der Waals surface area contributed by atoms with E-state index in [4.69, 9.17) is 14.4 Å². The van der Waals surface area contributed by atoms with Gasteiger partial charge in [0.05, 0.1) is 16.7 Å². The van der Waals surface area contributed by atoms with Gasteiger partial charge in [0.2, 0.25) is 0 Å². The van der Waals surface area contributed by atoms with Gasteiger partial charge in [0.1, 0.15) is 23.2 Å². The van der Waals surface area contributed by atoms with Crippen molar-refractivity contribution in [2.75, 3.05) is 0 Å². The first kappa shape index (κ1) is 36.7. The molecule has 0 spiro atoms. The molecule has 0 saturated heterocycles. The second-order valence-corrected chi connectivity index (χ2v) is 17.4. The third kappa shape index (κ3) is 5.87. The van der Waals surface area contributed by atoms with Crippen LogP contribution in [-0.4, -0.2) is 16.2 Å². The maximum absolute atomic E-state index is 6.38. The summed E-state index contributed by atoms with van der Waals surface area (Å²) in [6.07, 6.45) is -0.442. The number of fused-ring (bicyclic) bond motifs is 10. The summed E-state index contributed by atoms with van der Waals surface area (Å²) in [5.74, 6) is 1.47. The van der Waals surface area contributed by atoms with Gasteiger partial charge in [-0.2, -0.15) is 0 Å². The summed E-state index contributed by atoms with van der Waals surface area (Å²) in [4.78, 5) is 10.7. The first-order valence-corrected chi connectivity index (χ1v) is 22.5. The Bertz CT molecular complexity index is 4130. The number of furan rings is 1. The fourth-order valence-electron chi connectivity index (χ4n) is 10.3. The van der Waals surface area contributed by atoms with Crippen molar-refractivity contribution >= 4 is 98.5 Å². The third-order valence-electron chi connectivity index (χ3n) is 13.5. The molecule has 5 nitrogen and oxygen atoms in total. The van der Waals surface area contributed by atoms with E-state index in [1.54, 1.807) is 0 Å². The fraction of sp³-hybridized carbons (Fsp3) is 0.0164. The van der Waals surface area contributed by atoms with E-state index in [0.29, 0.717) is 5.84 Å². The number of para-hydroxylation sites is 1. The Balaban J connectivity index is 1.02. The summed E-state index contributed by atoms with van der Waals surface area (Å²) in [7, 11) is 0. The lowest BCUT2D eigenvalue weighted by molar-refractivity contribution is 0.669. The molecule has 11 aromatic carbocycles. The van der Waals surface area contributed by atoms with Crippen molar-refractivity contribution in [3.63, 3.8) is 0 Å². The molecule has 0 radical (unpaired) electrons. The highest BCUT2D eigenvalue weighted by Gasteiger charge is 2.25. The van der Waals surface area contributed by atoms with Gasteiger partial charge in [-0.25, -0.2) is 9.98 Å². The molecule has 2 aromatic heterocycles. The zero-order chi connectivity index (χ0) is 43.3. The minimum Gasteiger partial charge on any atom is -0.456 e. The lowest BCUT2D eigenvalue weighted by atomic mass is 9.97. The summed E-state index contributed by atoms with van der Waals surface area (Å²) >= 11 is 0. The molecule has 0 fully saturated rings. The molecule has 1 atom stereocenters.